The first-order valence-electron chi connectivity index (χ1n) is 5.87. The van der Waals surface area contributed by atoms with Crippen molar-refractivity contribution in [2.75, 3.05) is 6.54 Å². The summed E-state index contributed by atoms with van der Waals surface area (Å²) in [5, 5.41) is 3.28. The zero-order valence-corrected chi connectivity index (χ0v) is 11.7. The molecule has 1 atom stereocenters. The van der Waals surface area contributed by atoms with Crippen LogP contribution in [0.1, 0.15) is 24.4 Å². The number of aromatic nitrogens is 2. The Bertz CT molecular complexity index is 499. The van der Waals surface area contributed by atoms with Crippen molar-refractivity contribution in [1.29, 1.82) is 0 Å². The molecule has 0 saturated carbocycles. The maximum atomic E-state index is 13.9. The Kier molecular flexibility index (Phi) is 4.49. The van der Waals surface area contributed by atoms with Gasteiger partial charge in [-0.25, -0.2) is 9.37 Å². The molecule has 96 valence electrons. The number of benzene rings is 1. The minimum atomic E-state index is -0.198. The van der Waals surface area contributed by atoms with Crippen LogP contribution in [0.15, 0.2) is 35.1 Å². The van der Waals surface area contributed by atoms with E-state index >= 15 is 0 Å². The van der Waals surface area contributed by atoms with Crippen molar-refractivity contribution in [2.24, 2.45) is 0 Å². The van der Waals surface area contributed by atoms with Gasteiger partial charge < -0.3 is 10.3 Å². The van der Waals surface area contributed by atoms with E-state index in [9.17, 15) is 4.39 Å². The van der Waals surface area contributed by atoms with E-state index in [4.69, 9.17) is 0 Å². The van der Waals surface area contributed by atoms with Crippen molar-refractivity contribution in [2.45, 2.75) is 19.4 Å². The highest BCUT2D eigenvalue weighted by molar-refractivity contribution is 9.10. The van der Waals surface area contributed by atoms with Crippen LogP contribution in [0.2, 0.25) is 0 Å². The summed E-state index contributed by atoms with van der Waals surface area (Å²) in [6.07, 6.45) is 4.11. The van der Waals surface area contributed by atoms with Gasteiger partial charge in [0.2, 0.25) is 0 Å². The van der Waals surface area contributed by atoms with Crippen molar-refractivity contribution in [3.8, 4) is 0 Å². The molecule has 0 bridgehead atoms. The van der Waals surface area contributed by atoms with E-state index in [1.54, 1.807) is 18.5 Å². The van der Waals surface area contributed by atoms with Gasteiger partial charge in [0.1, 0.15) is 11.6 Å². The molecule has 1 aromatic heterocycles. The predicted octanol–water partition coefficient (Wildman–Crippen LogP) is 3.20. The van der Waals surface area contributed by atoms with Crippen LogP contribution in [-0.4, -0.2) is 16.5 Å². The lowest BCUT2D eigenvalue weighted by Gasteiger charge is -2.18. The lowest BCUT2D eigenvalue weighted by Crippen LogP contribution is -2.24. The molecule has 0 aliphatic heterocycles. The van der Waals surface area contributed by atoms with Crippen LogP contribution in [0.5, 0.6) is 0 Å². The maximum absolute atomic E-state index is 13.9. The first-order valence-corrected chi connectivity index (χ1v) is 6.66. The summed E-state index contributed by atoms with van der Waals surface area (Å²) in [5.41, 5.74) is 0.655. The van der Waals surface area contributed by atoms with Crippen LogP contribution in [0.3, 0.4) is 0 Å². The quantitative estimate of drug-likeness (QED) is 0.890. The van der Waals surface area contributed by atoms with Crippen LogP contribution >= 0.6 is 15.9 Å². The second-order valence-electron chi connectivity index (χ2n) is 4.02. The normalized spacial score (nSPS) is 12.6. The number of likely N-dealkylation sites (N-methyl/N-ethyl adjacent to an activating group) is 1. The second-order valence-corrected chi connectivity index (χ2v) is 4.93. The van der Waals surface area contributed by atoms with E-state index in [1.807, 2.05) is 13.0 Å². The van der Waals surface area contributed by atoms with E-state index in [0.717, 1.165) is 16.8 Å². The molecule has 0 aliphatic carbocycles. The first-order chi connectivity index (χ1) is 8.70. The highest BCUT2D eigenvalue weighted by Crippen LogP contribution is 2.23. The molecule has 1 heterocycles. The molecule has 0 spiro atoms. The molecular weight excluding hydrogens is 297 g/mol. The Morgan fingerprint density at radius 3 is 3.00 bits per heavy atom. The molecule has 5 heteroatoms. The average molecular weight is 312 g/mol. The van der Waals surface area contributed by atoms with E-state index in [1.165, 1.54) is 6.07 Å². The molecule has 0 saturated heterocycles. The fourth-order valence-corrected chi connectivity index (χ4v) is 2.30. The summed E-state index contributed by atoms with van der Waals surface area (Å²) in [7, 11) is 0. The molecule has 0 amide bonds. The van der Waals surface area contributed by atoms with Crippen molar-refractivity contribution < 1.29 is 4.39 Å². The standard InChI is InChI=1S/C13H15BrFN3/c1-2-16-12(8-13-17-5-6-18-13)10-7-9(14)3-4-11(10)15/h3-7,12,16H,2,8H2,1H3,(H,17,18). The van der Waals surface area contributed by atoms with Crippen LogP contribution in [0.4, 0.5) is 4.39 Å². The minimum Gasteiger partial charge on any atom is -0.349 e. The number of hydrogen-bond acceptors (Lipinski definition) is 2. The van der Waals surface area contributed by atoms with Crippen molar-refractivity contribution in [1.82, 2.24) is 15.3 Å². The fraction of sp³-hybridized carbons (Fsp3) is 0.308. The van der Waals surface area contributed by atoms with E-state index in [2.05, 4.69) is 31.2 Å². The van der Waals surface area contributed by atoms with Crippen LogP contribution in [-0.2, 0) is 6.42 Å². The van der Waals surface area contributed by atoms with Gasteiger partial charge in [-0.2, -0.15) is 0 Å². The Hall–Kier alpha value is -1.20. The molecule has 0 fully saturated rings. The van der Waals surface area contributed by atoms with Gasteiger partial charge in [-0.05, 0) is 24.7 Å². The molecule has 2 rings (SSSR count). The summed E-state index contributed by atoms with van der Waals surface area (Å²) in [6.45, 7) is 2.78. The molecule has 0 radical (unpaired) electrons. The Balaban J connectivity index is 2.26. The van der Waals surface area contributed by atoms with E-state index < -0.39 is 0 Å². The Morgan fingerprint density at radius 2 is 2.33 bits per heavy atom. The van der Waals surface area contributed by atoms with Gasteiger partial charge in [0.15, 0.2) is 0 Å². The van der Waals surface area contributed by atoms with Gasteiger partial charge in [-0.3, -0.25) is 0 Å². The minimum absolute atomic E-state index is 0.0846. The van der Waals surface area contributed by atoms with E-state index in [0.29, 0.717) is 12.0 Å². The number of rotatable bonds is 5. The third-order valence-corrected chi connectivity index (χ3v) is 3.23. The summed E-state index contributed by atoms with van der Waals surface area (Å²) >= 11 is 3.38. The highest BCUT2D eigenvalue weighted by Gasteiger charge is 2.16. The van der Waals surface area contributed by atoms with Crippen molar-refractivity contribution in [3.63, 3.8) is 0 Å². The van der Waals surface area contributed by atoms with Crippen molar-refractivity contribution >= 4 is 15.9 Å². The summed E-state index contributed by atoms with van der Waals surface area (Å²) in [4.78, 5) is 7.23. The Morgan fingerprint density at radius 1 is 1.50 bits per heavy atom. The summed E-state index contributed by atoms with van der Waals surface area (Å²) in [5.74, 6) is 0.649. The lowest BCUT2D eigenvalue weighted by atomic mass is 10.0. The second kappa shape index (κ2) is 6.11. The molecule has 3 nitrogen and oxygen atoms in total. The number of nitrogens with zero attached hydrogens (tertiary/aromatic N) is 1. The highest BCUT2D eigenvalue weighted by atomic mass is 79.9. The zero-order chi connectivity index (χ0) is 13.0. The smallest absolute Gasteiger partial charge is 0.128 e. The van der Waals surface area contributed by atoms with Gasteiger partial charge in [-0.15, -0.1) is 0 Å². The zero-order valence-electron chi connectivity index (χ0n) is 10.1. The molecule has 2 N–H and O–H groups in total. The summed E-state index contributed by atoms with van der Waals surface area (Å²) < 4.78 is 14.8. The van der Waals surface area contributed by atoms with Crippen LogP contribution in [0, 0.1) is 5.82 Å². The predicted molar refractivity (Wildman–Crippen MR) is 72.8 cm³/mol. The Labute approximate surface area is 114 Å². The van der Waals surface area contributed by atoms with Gasteiger partial charge in [-0.1, -0.05) is 22.9 Å². The molecule has 1 unspecified atom stereocenters. The molecule has 18 heavy (non-hydrogen) atoms. The number of nitrogens with one attached hydrogen (secondary N) is 2. The first kappa shape index (κ1) is 13.2. The van der Waals surface area contributed by atoms with Gasteiger partial charge in [0, 0.05) is 34.9 Å². The molecule has 1 aromatic carbocycles. The maximum Gasteiger partial charge on any atom is 0.128 e. The third-order valence-electron chi connectivity index (χ3n) is 2.74. The monoisotopic (exact) mass is 311 g/mol. The molecule has 0 aliphatic rings. The fourth-order valence-electron chi connectivity index (χ4n) is 1.92. The van der Waals surface area contributed by atoms with Crippen LogP contribution in [0.25, 0.3) is 0 Å². The number of H-pyrrole nitrogens is 1. The van der Waals surface area contributed by atoms with E-state index in [-0.39, 0.29) is 11.9 Å². The average Bonchev–Trinajstić information content (AvgIpc) is 2.85. The number of hydrogen-bond donors (Lipinski definition) is 2. The van der Waals surface area contributed by atoms with Crippen LogP contribution < -0.4 is 5.32 Å². The third kappa shape index (κ3) is 3.17. The van der Waals surface area contributed by atoms with Gasteiger partial charge in [0.05, 0.1) is 0 Å². The lowest BCUT2D eigenvalue weighted by molar-refractivity contribution is 0.502. The number of aromatic amines is 1. The number of imidazole rings is 1. The van der Waals surface area contributed by atoms with Crippen molar-refractivity contribution in [3.05, 3.63) is 52.3 Å². The molecule has 2 aromatic rings. The molecular formula is C13H15BrFN3. The number of halogens is 2. The topological polar surface area (TPSA) is 40.7 Å². The van der Waals surface area contributed by atoms with Gasteiger partial charge in [0.25, 0.3) is 0 Å². The summed E-state index contributed by atoms with van der Waals surface area (Å²) in [6, 6.07) is 4.91. The van der Waals surface area contributed by atoms with Gasteiger partial charge >= 0.3 is 0 Å². The largest absolute Gasteiger partial charge is 0.349 e. The SMILES string of the molecule is CCNC(Cc1ncc[nH]1)c1cc(Br)ccc1F.